The average molecular weight is 437 g/mol. The molecule has 8 heteroatoms. The minimum Gasteiger partial charge on any atom is -0.279 e. The van der Waals surface area contributed by atoms with E-state index in [9.17, 15) is 13.2 Å². The van der Waals surface area contributed by atoms with Crippen molar-refractivity contribution in [1.29, 1.82) is 0 Å². The Morgan fingerprint density at radius 1 is 1.17 bits per heavy atom. The van der Waals surface area contributed by atoms with Crippen molar-refractivity contribution < 1.29 is 13.2 Å². The molecule has 0 N–H and O–H groups in total. The van der Waals surface area contributed by atoms with Crippen LogP contribution in [0.1, 0.15) is 6.92 Å². The molecule has 23 heavy (non-hydrogen) atoms. The van der Waals surface area contributed by atoms with E-state index in [1.54, 1.807) is 24.3 Å². The molecule has 2 aromatic carbocycles. The molecule has 1 unspecified atom stereocenters. The van der Waals surface area contributed by atoms with Crippen LogP contribution >= 0.6 is 39.1 Å². The van der Waals surface area contributed by atoms with Gasteiger partial charge in [-0.2, -0.15) is 0 Å². The highest BCUT2D eigenvalue weighted by atomic mass is 79.9. The molecule has 0 aliphatic carbocycles. The molecule has 0 aliphatic rings. The lowest BCUT2D eigenvalue weighted by molar-refractivity contribution is -0.112. The van der Waals surface area contributed by atoms with Crippen molar-refractivity contribution in [1.82, 2.24) is 0 Å². The number of hydrogen-bond donors (Lipinski definition) is 0. The zero-order chi connectivity index (χ0) is 17.2. The highest BCUT2D eigenvalue weighted by Crippen LogP contribution is 2.29. The van der Waals surface area contributed by atoms with Crippen LogP contribution in [0.2, 0.25) is 5.02 Å². The highest BCUT2D eigenvalue weighted by Gasteiger charge is 2.32. The van der Waals surface area contributed by atoms with Crippen LogP contribution < -0.4 is 4.31 Å². The van der Waals surface area contributed by atoms with Crippen molar-refractivity contribution >= 4 is 60.1 Å². The monoisotopic (exact) mass is 435 g/mol. The van der Waals surface area contributed by atoms with Crippen molar-refractivity contribution in [3.8, 4) is 0 Å². The van der Waals surface area contributed by atoms with Crippen LogP contribution in [0.4, 0.5) is 5.69 Å². The molecule has 2 rings (SSSR count). The van der Waals surface area contributed by atoms with Crippen molar-refractivity contribution in [2.24, 2.45) is 0 Å². The maximum absolute atomic E-state index is 13.0. The van der Waals surface area contributed by atoms with E-state index >= 15 is 0 Å². The fourth-order valence-corrected chi connectivity index (χ4v) is 4.27. The van der Waals surface area contributed by atoms with Gasteiger partial charge in [-0.05, 0) is 61.0 Å². The molecule has 1 atom stereocenters. The Balaban J connectivity index is 2.61. The number of carbonyl (C=O) groups is 1. The molecule has 0 spiro atoms. The molecule has 0 aliphatic heterocycles. The normalized spacial score (nSPS) is 12.7. The van der Waals surface area contributed by atoms with Gasteiger partial charge in [0.15, 0.2) is 0 Å². The maximum atomic E-state index is 13.0. The average Bonchev–Trinajstić information content (AvgIpc) is 2.47. The summed E-state index contributed by atoms with van der Waals surface area (Å²) < 4.78 is 27.6. The Morgan fingerprint density at radius 3 is 2.30 bits per heavy atom. The summed E-state index contributed by atoms with van der Waals surface area (Å²) in [5, 5.41) is -0.359. The van der Waals surface area contributed by atoms with Crippen LogP contribution in [-0.2, 0) is 14.8 Å². The van der Waals surface area contributed by atoms with E-state index in [1.165, 1.54) is 31.2 Å². The second kappa shape index (κ2) is 7.21. The lowest BCUT2D eigenvalue weighted by atomic mass is 10.3. The van der Waals surface area contributed by atoms with Crippen LogP contribution in [0.25, 0.3) is 0 Å². The van der Waals surface area contributed by atoms with Gasteiger partial charge in [-0.1, -0.05) is 33.6 Å². The molecule has 0 heterocycles. The minimum absolute atomic E-state index is 0.0200. The fourth-order valence-electron chi connectivity index (χ4n) is 2.00. The number of nitrogens with zero attached hydrogens (tertiary/aromatic N) is 1. The first-order valence-electron chi connectivity index (χ1n) is 6.48. The van der Waals surface area contributed by atoms with Crippen LogP contribution in [0.15, 0.2) is 57.9 Å². The smallest absolute Gasteiger partial charge is 0.265 e. The third-order valence-corrected chi connectivity index (χ3v) is 6.09. The lowest BCUT2D eigenvalue weighted by Crippen LogP contribution is -2.42. The van der Waals surface area contributed by atoms with Gasteiger partial charge in [-0.25, -0.2) is 8.42 Å². The third-order valence-electron chi connectivity index (χ3n) is 3.11. The molecule has 0 aromatic heterocycles. The summed E-state index contributed by atoms with van der Waals surface area (Å²) in [4.78, 5) is 11.6. The number of halogens is 3. The predicted molar refractivity (Wildman–Crippen MR) is 95.6 cm³/mol. The van der Waals surface area contributed by atoms with Gasteiger partial charge in [0.2, 0.25) is 5.24 Å². The quantitative estimate of drug-likeness (QED) is 0.650. The van der Waals surface area contributed by atoms with Gasteiger partial charge in [0.05, 0.1) is 10.6 Å². The van der Waals surface area contributed by atoms with Crippen molar-refractivity contribution in [2.45, 2.75) is 17.9 Å². The van der Waals surface area contributed by atoms with Crippen molar-refractivity contribution in [3.63, 3.8) is 0 Å². The summed E-state index contributed by atoms with van der Waals surface area (Å²) >= 11 is 14.6. The number of benzene rings is 2. The molecular formula is C15H12BrCl2NO3S. The second-order valence-corrected chi connectivity index (χ2v) is 8.25. The number of sulfonamides is 1. The Bertz CT molecular complexity index is 825. The molecular weight excluding hydrogens is 425 g/mol. The zero-order valence-corrected chi connectivity index (χ0v) is 15.8. The van der Waals surface area contributed by atoms with Crippen LogP contribution in [0.5, 0.6) is 0 Å². The largest absolute Gasteiger partial charge is 0.279 e. The summed E-state index contributed by atoms with van der Waals surface area (Å²) in [5.74, 6) is 0. The number of hydrogen-bond acceptors (Lipinski definition) is 3. The number of rotatable bonds is 5. The van der Waals surface area contributed by atoms with E-state index in [1.807, 2.05) is 0 Å². The topological polar surface area (TPSA) is 54.5 Å². The Hall–Kier alpha value is -1.08. The van der Waals surface area contributed by atoms with Gasteiger partial charge in [-0.15, -0.1) is 0 Å². The molecule has 122 valence electrons. The van der Waals surface area contributed by atoms with E-state index in [4.69, 9.17) is 23.2 Å². The molecule has 0 amide bonds. The van der Waals surface area contributed by atoms with Crippen molar-refractivity contribution in [3.05, 3.63) is 58.0 Å². The van der Waals surface area contributed by atoms with E-state index in [2.05, 4.69) is 15.9 Å². The standard InChI is InChI=1S/C15H12BrCl2NO3S/c1-10(15(18)20)19(13-4-2-3-11(16)9-13)23(21,22)14-7-5-12(17)6-8-14/h2-10H,1H3. The van der Waals surface area contributed by atoms with Gasteiger partial charge < -0.3 is 0 Å². The SMILES string of the molecule is CC(C(=O)Cl)N(c1cccc(Br)c1)S(=O)(=O)c1ccc(Cl)cc1. The summed E-state index contributed by atoms with van der Waals surface area (Å²) in [6, 6.07) is 11.3. The first kappa shape index (κ1) is 18.3. The molecule has 4 nitrogen and oxygen atoms in total. The van der Waals surface area contributed by atoms with Crippen LogP contribution in [-0.4, -0.2) is 19.7 Å². The van der Waals surface area contributed by atoms with Gasteiger partial charge >= 0.3 is 0 Å². The second-order valence-electron chi connectivity index (χ2n) is 4.71. The zero-order valence-electron chi connectivity index (χ0n) is 11.9. The number of carbonyl (C=O) groups excluding carboxylic acids is 1. The molecule has 0 radical (unpaired) electrons. The Kier molecular flexibility index (Phi) is 5.73. The minimum atomic E-state index is -3.98. The fraction of sp³-hybridized carbons (Fsp3) is 0.133. The summed E-state index contributed by atoms with van der Waals surface area (Å²) in [5.41, 5.74) is 0.329. The van der Waals surface area contributed by atoms with Gasteiger partial charge in [0.1, 0.15) is 6.04 Å². The van der Waals surface area contributed by atoms with E-state index < -0.39 is 21.3 Å². The predicted octanol–water partition coefficient (Wildman–Crippen LogP) is 4.45. The summed E-state index contributed by atoms with van der Waals surface area (Å²) in [6.45, 7) is 1.43. The third kappa shape index (κ3) is 4.07. The molecule has 0 saturated carbocycles. The van der Waals surface area contributed by atoms with E-state index in [0.717, 1.165) is 4.31 Å². The lowest BCUT2D eigenvalue weighted by Gasteiger charge is -2.28. The first-order chi connectivity index (χ1) is 10.7. The first-order valence-corrected chi connectivity index (χ1v) is 9.47. The highest BCUT2D eigenvalue weighted by molar-refractivity contribution is 9.10. The molecule has 0 saturated heterocycles. The van der Waals surface area contributed by atoms with Crippen molar-refractivity contribution in [2.75, 3.05) is 4.31 Å². The molecule has 0 fully saturated rings. The van der Waals surface area contributed by atoms with E-state index in [-0.39, 0.29) is 4.90 Å². The van der Waals surface area contributed by atoms with Gasteiger partial charge in [0.25, 0.3) is 10.0 Å². The maximum Gasteiger partial charge on any atom is 0.265 e. The Labute approximate surface area is 153 Å². The Morgan fingerprint density at radius 2 is 1.78 bits per heavy atom. The summed E-state index contributed by atoms with van der Waals surface area (Å²) in [7, 11) is -3.98. The van der Waals surface area contributed by atoms with Crippen LogP contribution in [0.3, 0.4) is 0 Å². The molecule has 0 bridgehead atoms. The van der Waals surface area contributed by atoms with Gasteiger partial charge in [0, 0.05) is 9.50 Å². The summed E-state index contributed by atoms with van der Waals surface area (Å²) in [6.07, 6.45) is 0. The number of anilines is 1. The molecule has 2 aromatic rings. The van der Waals surface area contributed by atoms with Crippen LogP contribution in [0, 0.1) is 0 Å². The van der Waals surface area contributed by atoms with E-state index in [0.29, 0.717) is 15.2 Å². The van der Waals surface area contributed by atoms with Gasteiger partial charge in [-0.3, -0.25) is 9.10 Å².